The van der Waals surface area contributed by atoms with E-state index < -0.39 is 0 Å². The molecule has 2 bridgehead atoms. The first-order chi connectivity index (χ1) is 15.8. The number of hydrogen-bond acceptors (Lipinski definition) is 2. The number of nitrogens with one attached hydrogen (secondary N) is 1. The van der Waals surface area contributed by atoms with E-state index >= 15 is 0 Å². The average Bonchev–Trinajstić information content (AvgIpc) is 3.26. The van der Waals surface area contributed by atoms with Gasteiger partial charge in [-0.15, -0.1) is 0 Å². The maximum Gasteiger partial charge on any atom is 0.107 e. The van der Waals surface area contributed by atoms with Crippen LogP contribution in [0.1, 0.15) is 28.9 Å². The molecule has 3 nitrogen and oxygen atoms in total. The number of aromatic amines is 1. The van der Waals surface area contributed by atoms with Crippen molar-refractivity contribution in [3.05, 3.63) is 89.2 Å². The molecule has 5 aromatic rings. The second-order valence-corrected chi connectivity index (χ2v) is 9.24. The third kappa shape index (κ3) is 3.47. The summed E-state index contributed by atoms with van der Waals surface area (Å²) < 4.78 is 0. The monoisotopic (exact) mass is 419 g/mol. The van der Waals surface area contributed by atoms with E-state index in [1.165, 1.54) is 39.9 Å². The molecule has 0 saturated carbocycles. The molecule has 160 valence electrons. The Morgan fingerprint density at radius 3 is 2.69 bits per heavy atom. The summed E-state index contributed by atoms with van der Waals surface area (Å²) in [5, 5.41) is 5.74. The molecule has 3 heteroatoms. The Bertz CT molecular complexity index is 1400. The van der Waals surface area contributed by atoms with Crippen molar-refractivity contribution in [1.29, 1.82) is 0 Å². The van der Waals surface area contributed by atoms with Gasteiger partial charge < -0.3 is 9.88 Å². The number of aryl methyl sites for hydroxylation is 3. The van der Waals surface area contributed by atoms with Crippen molar-refractivity contribution < 1.29 is 0 Å². The molecule has 1 aromatic heterocycles. The van der Waals surface area contributed by atoms with Crippen molar-refractivity contribution in [2.45, 2.75) is 32.1 Å². The Hall–Kier alpha value is -3.17. The van der Waals surface area contributed by atoms with Crippen LogP contribution in [0.5, 0.6) is 0 Å². The molecule has 1 heterocycles. The SMILES string of the molecule is CN(CCCc1nc2ccccc2[nH]1)CCc1cc2c3c(ccc4ccccc43)c1CC2. The Morgan fingerprint density at radius 1 is 0.875 bits per heavy atom. The van der Waals surface area contributed by atoms with Crippen LogP contribution in [0.25, 0.3) is 32.6 Å². The van der Waals surface area contributed by atoms with Crippen LogP contribution < -0.4 is 0 Å². The van der Waals surface area contributed by atoms with Crippen molar-refractivity contribution in [3.63, 3.8) is 0 Å². The maximum absolute atomic E-state index is 4.71. The lowest BCUT2D eigenvalue weighted by Crippen LogP contribution is -2.24. The summed E-state index contributed by atoms with van der Waals surface area (Å²) in [4.78, 5) is 10.6. The largest absolute Gasteiger partial charge is 0.342 e. The average molecular weight is 420 g/mol. The van der Waals surface area contributed by atoms with Crippen molar-refractivity contribution in [2.75, 3.05) is 20.1 Å². The molecule has 7 rings (SSSR count). The topological polar surface area (TPSA) is 31.9 Å². The number of benzene rings is 4. The second-order valence-electron chi connectivity index (χ2n) is 9.24. The highest BCUT2D eigenvalue weighted by molar-refractivity contribution is 6.11. The molecule has 0 spiro atoms. The highest BCUT2D eigenvalue weighted by Gasteiger charge is 2.19. The van der Waals surface area contributed by atoms with Crippen LogP contribution in [0.4, 0.5) is 0 Å². The molecule has 0 atom stereocenters. The van der Waals surface area contributed by atoms with Crippen LogP contribution in [-0.2, 0) is 25.7 Å². The Morgan fingerprint density at radius 2 is 1.75 bits per heavy atom. The van der Waals surface area contributed by atoms with Crippen LogP contribution in [0.2, 0.25) is 0 Å². The van der Waals surface area contributed by atoms with Gasteiger partial charge >= 0.3 is 0 Å². The van der Waals surface area contributed by atoms with E-state index in [1.807, 2.05) is 6.07 Å². The third-order valence-electron chi connectivity index (χ3n) is 7.11. The molecule has 1 N–H and O–H groups in total. The summed E-state index contributed by atoms with van der Waals surface area (Å²) in [6, 6.07) is 24.2. The second kappa shape index (κ2) is 8.07. The molecule has 0 saturated heterocycles. The van der Waals surface area contributed by atoms with E-state index in [-0.39, 0.29) is 0 Å². The number of H-pyrrole nitrogens is 1. The molecule has 0 radical (unpaired) electrons. The van der Waals surface area contributed by atoms with Gasteiger partial charge in [0.25, 0.3) is 0 Å². The lowest BCUT2D eigenvalue weighted by Gasteiger charge is -2.25. The predicted molar refractivity (Wildman–Crippen MR) is 134 cm³/mol. The van der Waals surface area contributed by atoms with Crippen LogP contribution in [0.15, 0.2) is 66.7 Å². The van der Waals surface area contributed by atoms with Crippen LogP contribution in [0.3, 0.4) is 0 Å². The Kier molecular flexibility index (Phi) is 4.92. The Balaban J connectivity index is 1.12. The smallest absolute Gasteiger partial charge is 0.107 e. The van der Waals surface area contributed by atoms with Gasteiger partial charge in [-0.2, -0.15) is 0 Å². The van der Waals surface area contributed by atoms with Gasteiger partial charge in [0.2, 0.25) is 0 Å². The van der Waals surface area contributed by atoms with Gasteiger partial charge in [-0.05, 0) is 89.6 Å². The number of aromatic nitrogens is 2. The standard InChI is InChI=1S/C29H29N3/c1-32(17-6-11-28-30-26-9-4-5-10-27(26)31-28)18-16-21-19-22-13-14-23(21)25-15-12-20-7-2-3-8-24(20)29(22)25/h2-5,7-10,12,15,19H,6,11,13-14,16-18H2,1H3,(H,30,31). The van der Waals surface area contributed by atoms with Crippen molar-refractivity contribution in [1.82, 2.24) is 14.9 Å². The normalized spacial score (nSPS) is 13.2. The number of likely N-dealkylation sites (N-methyl/N-ethyl adjacent to an activating group) is 1. The van der Waals surface area contributed by atoms with E-state index in [4.69, 9.17) is 4.98 Å². The number of fused-ring (bicyclic) bond motifs is 4. The van der Waals surface area contributed by atoms with Crippen molar-refractivity contribution in [3.8, 4) is 0 Å². The minimum atomic E-state index is 0.997. The van der Waals surface area contributed by atoms with E-state index in [1.54, 1.807) is 11.1 Å². The third-order valence-corrected chi connectivity index (χ3v) is 7.11. The zero-order valence-electron chi connectivity index (χ0n) is 18.7. The molecule has 32 heavy (non-hydrogen) atoms. The fourth-order valence-corrected chi connectivity index (χ4v) is 5.45. The number of hydrogen-bond donors (Lipinski definition) is 1. The lowest BCUT2D eigenvalue weighted by atomic mass is 9.81. The molecule has 0 unspecified atom stereocenters. The van der Waals surface area contributed by atoms with Gasteiger partial charge in [-0.25, -0.2) is 4.98 Å². The van der Waals surface area contributed by atoms with Crippen LogP contribution in [-0.4, -0.2) is 35.0 Å². The minimum absolute atomic E-state index is 0.997. The molecular weight excluding hydrogens is 390 g/mol. The van der Waals surface area contributed by atoms with Gasteiger partial charge in [0.15, 0.2) is 0 Å². The fourth-order valence-electron chi connectivity index (χ4n) is 5.45. The van der Waals surface area contributed by atoms with Gasteiger partial charge in [0, 0.05) is 13.0 Å². The highest BCUT2D eigenvalue weighted by atomic mass is 15.1. The lowest BCUT2D eigenvalue weighted by molar-refractivity contribution is 0.332. The highest BCUT2D eigenvalue weighted by Crippen LogP contribution is 2.37. The molecular formula is C29H29N3. The van der Waals surface area contributed by atoms with Gasteiger partial charge in [-0.3, -0.25) is 0 Å². The Labute approximate surface area is 189 Å². The molecule has 2 aliphatic rings. The van der Waals surface area contributed by atoms with Crippen LogP contribution in [0, 0.1) is 0 Å². The first-order valence-electron chi connectivity index (χ1n) is 11.8. The summed E-state index contributed by atoms with van der Waals surface area (Å²) in [5.41, 5.74) is 6.87. The fraction of sp³-hybridized carbons (Fsp3) is 0.276. The van der Waals surface area contributed by atoms with Gasteiger partial charge in [0.05, 0.1) is 11.0 Å². The van der Waals surface area contributed by atoms with Crippen LogP contribution >= 0.6 is 0 Å². The summed E-state index contributed by atoms with van der Waals surface area (Å²) in [7, 11) is 2.25. The maximum atomic E-state index is 4.71. The molecule has 0 aliphatic heterocycles. The first kappa shape index (κ1) is 19.5. The molecule has 0 fully saturated rings. The van der Waals surface area contributed by atoms with Crippen molar-refractivity contribution >= 4 is 32.6 Å². The van der Waals surface area contributed by atoms with Crippen molar-refractivity contribution in [2.24, 2.45) is 0 Å². The number of rotatable bonds is 7. The molecule has 0 amide bonds. The minimum Gasteiger partial charge on any atom is -0.342 e. The summed E-state index contributed by atoms with van der Waals surface area (Å²) >= 11 is 0. The summed E-state index contributed by atoms with van der Waals surface area (Å²) in [6.07, 6.45) is 5.64. The van der Waals surface area contributed by atoms with Gasteiger partial charge in [0.1, 0.15) is 5.82 Å². The number of para-hydroxylation sites is 2. The number of nitrogens with zero attached hydrogens (tertiary/aromatic N) is 2. The van der Waals surface area contributed by atoms with E-state index in [2.05, 4.69) is 77.6 Å². The quantitative estimate of drug-likeness (QED) is 0.324. The van der Waals surface area contributed by atoms with E-state index in [9.17, 15) is 0 Å². The summed E-state index contributed by atoms with van der Waals surface area (Å²) in [5.74, 6) is 1.10. The zero-order chi connectivity index (χ0) is 21.5. The van der Waals surface area contributed by atoms with E-state index in [0.717, 1.165) is 49.2 Å². The molecule has 4 aromatic carbocycles. The number of imidazole rings is 1. The predicted octanol–water partition coefficient (Wildman–Crippen LogP) is 6.08. The molecule has 2 aliphatic carbocycles. The first-order valence-corrected chi connectivity index (χ1v) is 11.8. The zero-order valence-corrected chi connectivity index (χ0v) is 18.7. The van der Waals surface area contributed by atoms with Gasteiger partial charge in [-0.1, -0.05) is 54.6 Å². The summed E-state index contributed by atoms with van der Waals surface area (Å²) in [6.45, 7) is 2.20. The van der Waals surface area contributed by atoms with E-state index in [0.29, 0.717) is 0 Å².